The second-order valence-corrected chi connectivity index (χ2v) is 3.87. The van der Waals surface area contributed by atoms with Crippen LogP contribution in [0.15, 0.2) is 48.5 Å². The molecule has 0 saturated heterocycles. The van der Waals surface area contributed by atoms with Crippen molar-refractivity contribution in [2.24, 2.45) is 0 Å². The quantitative estimate of drug-likeness (QED) is 0.842. The number of rotatable bonds is 3. The zero-order chi connectivity index (χ0) is 13.1. The highest BCUT2D eigenvalue weighted by atomic mass is 16.4. The molecule has 18 heavy (non-hydrogen) atoms. The third-order valence-electron chi connectivity index (χ3n) is 2.73. The van der Waals surface area contributed by atoms with Crippen LogP contribution in [0.3, 0.4) is 0 Å². The van der Waals surface area contributed by atoms with Crippen LogP contribution in [-0.2, 0) is 4.79 Å². The topological polar surface area (TPSA) is 80.6 Å². The van der Waals surface area contributed by atoms with Gasteiger partial charge in [-0.25, -0.2) is 0 Å². The van der Waals surface area contributed by atoms with E-state index in [2.05, 4.69) is 0 Å². The van der Waals surface area contributed by atoms with Gasteiger partial charge in [0.25, 0.3) is 0 Å². The van der Waals surface area contributed by atoms with Crippen LogP contribution in [0.1, 0.15) is 17.0 Å². The Morgan fingerprint density at radius 2 is 1.28 bits per heavy atom. The van der Waals surface area contributed by atoms with E-state index in [0.717, 1.165) is 0 Å². The van der Waals surface area contributed by atoms with E-state index < -0.39 is 11.9 Å². The number of phenolic OH excluding ortho intramolecular Hbond substituents is 2. The molecule has 0 unspecified atom stereocenters. The average molecular weight is 243 g/mol. The van der Waals surface area contributed by atoms with E-state index in [0.29, 0.717) is 0 Å². The fraction of sp³-hybridized carbons (Fsp3) is 0.0714. The summed E-state index contributed by atoms with van der Waals surface area (Å²) in [5.41, 5.74) is 0.387. The van der Waals surface area contributed by atoms with Crippen molar-refractivity contribution in [1.29, 1.82) is 0 Å². The molecule has 4 nitrogen and oxygen atoms in total. The Morgan fingerprint density at radius 1 is 0.889 bits per heavy atom. The standard InChI is InChI=1S/C14H12O4/c15-11-7-3-1-5-9(11)13(14(17)18)10-6-2-4-8-12(10)16/h1-8,13,15-16H,(H,17,18)/p-1. The number of aliphatic carboxylic acids is 1. The van der Waals surface area contributed by atoms with Gasteiger partial charge in [-0.05, 0) is 12.1 Å². The number of hydrogen-bond donors (Lipinski definition) is 2. The molecular weight excluding hydrogens is 232 g/mol. The zero-order valence-corrected chi connectivity index (χ0v) is 9.41. The Balaban J connectivity index is 2.58. The van der Waals surface area contributed by atoms with Crippen LogP contribution in [0.25, 0.3) is 0 Å². The van der Waals surface area contributed by atoms with E-state index in [1.807, 2.05) is 0 Å². The van der Waals surface area contributed by atoms with Gasteiger partial charge in [0.2, 0.25) is 0 Å². The first kappa shape index (κ1) is 12.0. The molecule has 0 amide bonds. The molecule has 0 aliphatic heterocycles. The first-order valence-electron chi connectivity index (χ1n) is 5.38. The normalized spacial score (nSPS) is 10.5. The second-order valence-electron chi connectivity index (χ2n) is 3.87. The molecule has 2 aromatic carbocycles. The van der Waals surface area contributed by atoms with Crippen LogP contribution >= 0.6 is 0 Å². The molecule has 2 rings (SSSR count). The molecule has 0 atom stereocenters. The van der Waals surface area contributed by atoms with Crippen LogP contribution < -0.4 is 5.11 Å². The van der Waals surface area contributed by atoms with Crippen LogP contribution in [0.4, 0.5) is 0 Å². The van der Waals surface area contributed by atoms with Gasteiger partial charge < -0.3 is 20.1 Å². The van der Waals surface area contributed by atoms with E-state index in [9.17, 15) is 20.1 Å². The largest absolute Gasteiger partial charge is 0.549 e. The maximum absolute atomic E-state index is 11.3. The van der Waals surface area contributed by atoms with Gasteiger partial charge in [0, 0.05) is 11.1 Å². The lowest BCUT2D eigenvalue weighted by atomic mass is 9.90. The summed E-state index contributed by atoms with van der Waals surface area (Å²) in [6.07, 6.45) is 0. The fourth-order valence-electron chi connectivity index (χ4n) is 1.88. The summed E-state index contributed by atoms with van der Waals surface area (Å²) in [5.74, 6) is -2.87. The summed E-state index contributed by atoms with van der Waals surface area (Å²) < 4.78 is 0. The molecule has 4 heteroatoms. The van der Waals surface area contributed by atoms with Crippen molar-refractivity contribution in [3.05, 3.63) is 59.7 Å². The highest BCUT2D eigenvalue weighted by Crippen LogP contribution is 2.34. The third-order valence-corrected chi connectivity index (χ3v) is 2.73. The first-order chi connectivity index (χ1) is 8.61. The van der Waals surface area contributed by atoms with Gasteiger partial charge in [-0.15, -0.1) is 0 Å². The highest BCUT2D eigenvalue weighted by Gasteiger charge is 2.21. The molecule has 0 aliphatic rings. The van der Waals surface area contributed by atoms with E-state index in [-0.39, 0.29) is 22.6 Å². The van der Waals surface area contributed by atoms with Gasteiger partial charge in [0.05, 0.1) is 11.9 Å². The van der Waals surface area contributed by atoms with Crippen LogP contribution in [0.2, 0.25) is 0 Å². The fourth-order valence-corrected chi connectivity index (χ4v) is 1.88. The second kappa shape index (κ2) is 4.79. The Kier molecular flexibility index (Phi) is 3.19. The number of phenols is 2. The molecule has 0 spiro atoms. The van der Waals surface area contributed by atoms with E-state index in [4.69, 9.17) is 0 Å². The maximum atomic E-state index is 11.3. The van der Waals surface area contributed by atoms with Gasteiger partial charge in [0.15, 0.2) is 0 Å². The van der Waals surface area contributed by atoms with Gasteiger partial charge in [-0.3, -0.25) is 0 Å². The van der Waals surface area contributed by atoms with Gasteiger partial charge in [0.1, 0.15) is 11.5 Å². The van der Waals surface area contributed by atoms with Gasteiger partial charge in [-0.2, -0.15) is 0 Å². The van der Waals surface area contributed by atoms with Crippen molar-refractivity contribution in [2.45, 2.75) is 5.92 Å². The summed E-state index contributed by atoms with van der Waals surface area (Å²) in [4.78, 5) is 11.3. The van der Waals surface area contributed by atoms with E-state index in [1.165, 1.54) is 24.3 Å². The van der Waals surface area contributed by atoms with Crippen molar-refractivity contribution in [1.82, 2.24) is 0 Å². The van der Waals surface area contributed by atoms with Crippen LogP contribution in [0, 0.1) is 0 Å². The Hall–Kier alpha value is -2.49. The maximum Gasteiger partial charge on any atom is 0.119 e. The van der Waals surface area contributed by atoms with E-state index in [1.54, 1.807) is 24.3 Å². The van der Waals surface area contributed by atoms with Crippen LogP contribution in [0.5, 0.6) is 11.5 Å². The summed E-state index contributed by atoms with van der Waals surface area (Å²) in [6.45, 7) is 0. The number of benzene rings is 2. The molecular formula is C14H11O4-. The lowest BCUT2D eigenvalue weighted by Crippen LogP contribution is -2.30. The lowest BCUT2D eigenvalue weighted by molar-refractivity contribution is -0.306. The molecule has 0 fully saturated rings. The zero-order valence-electron chi connectivity index (χ0n) is 9.41. The van der Waals surface area contributed by atoms with Crippen molar-refractivity contribution < 1.29 is 20.1 Å². The van der Waals surface area contributed by atoms with Crippen molar-refractivity contribution in [3.8, 4) is 11.5 Å². The number of para-hydroxylation sites is 2. The molecule has 92 valence electrons. The summed E-state index contributed by atoms with van der Waals surface area (Å²) in [5, 5.41) is 30.7. The Labute approximate surface area is 104 Å². The summed E-state index contributed by atoms with van der Waals surface area (Å²) in [6, 6.07) is 12.2. The summed E-state index contributed by atoms with van der Waals surface area (Å²) in [7, 11) is 0. The third kappa shape index (κ3) is 2.13. The highest BCUT2D eigenvalue weighted by molar-refractivity contribution is 5.80. The number of carboxylic acid groups (broad SMARTS) is 1. The minimum absolute atomic E-state index is 0.144. The number of hydrogen-bond acceptors (Lipinski definition) is 4. The average Bonchev–Trinajstić information content (AvgIpc) is 2.34. The Bertz CT molecular complexity index is 532. The number of carboxylic acids is 1. The molecule has 0 bridgehead atoms. The van der Waals surface area contributed by atoms with Crippen LogP contribution in [-0.4, -0.2) is 16.2 Å². The SMILES string of the molecule is O=C([O-])C(c1ccccc1O)c1ccccc1O. The smallest absolute Gasteiger partial charge is 0.119 e. The van der Waals surface area contributed by atoms with Gasteiger partial charge in [-0.1, -0.05) is 36.4 Å². The number of carbonyl (C=O) groups excluding carboxylic acids is 1. The number of carbonyl (C=O) groups is 1. The van der Waals surface area contributed by atoms with Gasteiger partial charge >= 0.3 is 0 Å². The number of aromatic hydroxyl groups is 2. The molecule has 0 radical (unpaired) electrons. The molecule has 0 aliphatic carbocycles. The molecule has 0 aromatic heterocycles. The molecule has 2 aromatic rings. The predicted octanol–water partition coefficient (Wildman–Crippen LogP) is 0.980. The van der Waals surface area contributed by atoms with Crippen molar-refractivity contribution in [3.63, 3.8) is 0 Å². The monoisotopic (exact) mass is 243 g/mol. The minimum Gasteiger partial charge on any atom is -0.549 e. The molecule has 2 N–H and O–H groups in total. The first-order valence-corrected chi connectivity index (χ1v) is 5.38. The van der Waals surface area contributed by atoms with E-state index >= 15 is 0 Å². The van der Waals surface area contributed by atoms with Crippen molar-refractivity contribution in [2.75, 3.05) is 0 Å². The lowest BCUT2D eigenvalue weighted by Gasteiger charge is -2.20. The summed E-state index contributed by atoms with van der Waals surface area (Å²) >= 11 is 0. The Morgan fingerprint density at radius 3 is 1.61 bits per heavy atom. The molecule has 0 heterocycles. The minimum atomic E-state index is -1.38. The van der Waals surface area contributed by atoms with Crippen molar-refractivity contribution >= 4 is 5.97 Å². The predicted molar refractivity (Wildman–Crippen MR) is 63.1 cm³/mol. The molecule has 0 saturated carbocycles.